The second kappa shape index (κ2) is 10.1. The van der Waals surface area contributed by atoms with Crippen LogP contribution in [0, 0.1) is 16.7 Å². The predicted octanol–water partition coefficient (Wildman–Crippen LogP) is 4.07. The lowest BCUT2D eigenvalue weighted by atomic mass is 9.84. The van der Waals surface area contributed by atoms with Crippen molar-refractivity contribution in [3.05, 3.63) is 107 Å². The van der Waals surface area contributed by atoms with Crippen LogP contribution in [0.1, 0.15) is 47.8 Å². The highest BCUT2D eigenvalue weighted by molar-refractivity contribution is 6.06. The van der Waals surface area contributed by atoms with Crippen molar-refractivity contribution in [1.29, 1.82) is 5.26 Å². The van der Waals surface area contributed by atoms with E-state index in [2.05, 4.69) is 42.1 Å². The highest BCUT2D eigenvalue weighted by Crippen LogP contribution is 2.33. The van der Waals surface area contributed by atoms with Gasteiger partial charge in [0.25, 0.3) is 5.91 Å². The Kier molecular flexibility index (Phi) is 6.98. The fourth-order valence-corrected chi connectivity index (χ4v) is 4.40. The van der Waals surface area contributed by atoms with Gasteiger partial charge in [-0.1, -0.05) is 20.8 Å². The quantitative estimate of drug-likeness (QED) is 0.405. The molecule has 0 aliphatic carbocycles. The van der Waals surface area contributed by atoms with Gasteiger partial charge in [0.2, 0.25) is 0 Å². The van der Waals surface area contributed by atoms with E-state index in [1.165, 1.54) is 6.08 Å². The van der Waals surface area contributed by atoms with Crippen LogP contribution in [0.2, 0.25) is 0 Å². The molecule has 7 heteroatoms. The SMILES string of the molecule is CC(C)(C)CN1C(=O)C(Cc2ccncc2)(Cc2ccncc2)N/C1=C\C(=O)c1ccc(C#N)cc1. The molecule has 0 bridgehead atoms. The maximum atomic E-state index is 14.2. The fraction of sp³-hybridized carbons (Fsp3) is 0.276. The Morgan fingerprint density at radius 2 is 1.50 bits per heavy atom. The summed E-state index contributed by atoms with van der Waals surface area (Å²) in [7, 11) is 0. The highest BCUT2D eigenvalue weighted by atomic mass is 16.2. The molecule has 4 rings (SSSR count). The number of amides is 1. The molecule has 2 aromatic heterocycles. The van der Waals surface area contributed by atoms with Crippen molar-refractivity contribution >= 4 is 11.7 Å². The molecule has 7 nitrogen and oxygen atoms in total. The van der Waals surface area contributed by atoms with Gasteiger partial charge in [0.1, 0.15) is 11.4 Å². The zero-order valence-corrected chi connectivity index (χ0v) is 20.7. The van der Waals surface area contributed by atoms with E-state index in [-0.39, 0.29) is 17.1 Å². The van der Waals surface area contributed by atoms with Crippen LogP contribution in [0.3, 0.4) is 0 Å². The molecule has 1 N–H and O–H groups in total. The van der Waals surface area contributed by atoms with E-state index in [0.29, 0.717) is 36.3 Å². The van der Waals surface area contributed by atoms with Gasteiger partial charge in [-0.05, 0) is 65.1 Å². The van der Waals surface area contributed by atoms with Crippen LogP contribution < -0.4 is 5.32 Å². The summed E-state index contributed by atoms with van der Waals surface area (Å²) in [5, 5.41) is 12.5. The molecule has 1 aliphatic rings. The smallest absolute Gasteiger partial charge is 0.254 e. The molecule has 1 fully saturated rings. The molecule has 1 aliphatic heterocycles. The van der Waals surface area contributed by atoms with E-state index in [1.807, 2.05) is 24.3 Å². The summed E-state index contributed by atoms with van der Waals surface area (Å²) in [4.78, 5) is 37.3. The maximum Gasteiger partial charge on any atom is 0.254 e. The molecule has 0 spiro atoms. The number of nitriles is 1. The van der Waals surface area contributed by atoms with Crippen molar-refractivity contribution in [1.82, 2.24) is 20.2 Å². The second-order valence-corrected chi connectivity index (χ2v) is 10.3. The fourth-order valence-electron chi connectivity index (χ4n) is 4.40. The summed E-state index contributed by atoms with van der Waals surface area (Å²) in [6.45, 7) is 6.63. The monoisotopic (exact) mass is 479 g/mol. The molecule has 0 unspecified atom stereocenters. The Hall–Kier alpha value is -4.31. The van der Waals surface area contributed by atoms with Gasteiger partial charge < -0.3 is 5.32 Å². The lowest BCUT2D eigenvalue weighted by molar-refractivity contribution is -0.132. The molecule has 182 valence electrons. The molecule has 1 amide bonds. The Morgan fingerprint density at radius 3 is 1.97 bits per heavy atom. The highest BCUT2D eigenvalue weighted by Gasteiger charge is 2.49. The zero-order chi connectivity index (χ0) is 25.8. The number of carbonyl (C=O) groups excluding carboxylic acids is 2. The second-order valence-electron chi connectivity index (χ2n) is 10.3. The minimum Gasteiger partial charge on any atom is -0.357 e. The first-order valence-corrected chi connectivity index (χ1v) is 11.8. The minimum atomic E-state index is -0.981. The standard InChI is InChI=1S/C29H29N5O2/c1-28(2,3)20-34-26(16-25(35)24-6-4-23(19-30)5-7-24)33-29(27(34)36,17-21-8-12-31-13-9-21)18-22-10-14-32-15-11-22/h4-16,33H,17-18,20H2,1-3H3/b26-16+. The summed E-state index contributed by atoms with van der Waals surface area (Å²) in [6.07, 6.45) is 9.21. The first-order valence-electron chi connectivity index (χ1n) is 11.8. The van der Waals surface area contributed by atoms with Crippen LogP contribution in [0.5, 0.6) is 0 Å². The number of aromatic nitrogens is 2. The number of pyridine rings is 2. The first-order chi connectivity index (χ1) is 17.2. The van der Waals surface area contributed by atoms with Crippen LogP contribution in [0.15, 0.2) is 85.2 Å². The van der Waals surface area contributed by atoms with E-state index in [4.69, 9.17) is 5.26 Å². The number of hydrogen-bond donors (Lipinski definition) is 1. The number of nitrogens with zero attached hydrogens (tertiary/aromatic N) is 4. The van der Waals surface area contributed by atoms with E-state index in [1.54, 1.807) is 54.0 Å². The molecule has 36 heavy (non-hydrogen) atoms. The van der Waals surface area contributed by atoms with Gasteiger partial charge in [0, 0.05) is 55.8 Å². The van der Waals surface area contributed by atoms with Crippen molar-refractivity contribution in [2.45, 2.75) is 39.2 Å². The summed E-state index contributed by atoms with van der Waals surface area (Å²) < 4.78 is 0. The third-order valence-corrected chi connectivity index (χ3v) is 6.02. The Bertz CT molecular complexity index is 1260. The number of rotatable bonds is 7. The Morgan fingerprint density at radius 1 is 0.972 bits per heavy atom. The molecule has 1 saturated heterocycles. The molecular formula is C29H29N5O2. The van der Waals surface area contributed by atoms with E-state index >= 15 is 0 Å². The van der Waals surface area contributed by atoms with Gasteiger partial charge >= 0.3 is 0 Å². The lowest BCUT2D eigenvalue weighted by Gasteiger charge is -2.29. The van der Waals surface area contributed by atoms with Gasteiger partial charge in [-0.2, -0.15) is 5.26 Å². The minimum absolute atomic E-state index is 0.0788. The Balaban J connectivity index is 1.76. The van der Waals surface area contributed by atoms with Gasteiger partial charge in [0.15, 0.2) is 5.78 Å². The van der Waals surface area contributed by atoms with Gasteiger partial charge in [0.05, 0.1) is 11.6 Å². The van der Waals surface area contributed by atoms with Crippen LogP contribution in [-0.2, 0) is 17.6 Å². The summed E-state index contributed by atoms with van der Waals surface area (Å²) in [6, 6.07) is 16.2. The zero-order valence-electron chi connectivity index (χ0n) is 20.7. The molecule has 1 aromatic carbocycles. The molecule has 3 heterocycles. The number of nitrogens with one attached hydrogen (secondary N) is 1. The molecule has 3 aromatic rings. The molecule has 0 saturated carbocycles. The van der Waals surface area contributed by atoms with Crippen LogP contribution in [-0.4, -0.2) is 38.6 Å². The number of carbonyl (C=O) groups is 2. The van der Waals surface area contributed by atoms with Crippen LogP contribution in [0.4, 0.5) is 0 Å². The summed E-state index contributed by atoms with van der Waals surface area (Å²) >= 11 is 0. The van der Waals surface area contributed by atoms with Crippen molar-refractivity contribution in [3.8, 4) is 6.07 Å². The van der Waals surface area contributed by atoms with E-state index in [0.717, 1.165) is 11.1 Å². The van der Waals surface area contributed by atoms with Crippen molar-refractivity contribution in [3.63, 3.8) is 0 Å². The maximum absolute atomic E-state index is 14.2. The molecule has 0 radical (unpaired) electrons. The van der Waals surface area contributed by atoms with Crippen LogP contribution in [0.25, 0.3) is 0 Å². The first kappa shape index (κ1) is 24.8. The van der Waals surface area contributed by atoms with Crippen molar-refractivity contribution in [2.24, 2.45) is 5.41 Å². The van der Waals surface area contributed by atoms with Crippen molar-refractivity contribution < 1.29 is 9.59 Å². The number of allylic oxidation sites excluding steroid dienone is 1. The van der Waals surface area contributed by atoms with Crippen molar-refractivity contribution in [2.75, 3.05) is 6.54 Å². The summed E-state index contributed by atoms with van der Waals surface area (Å²) in [5.41, 5.74) is 1.69. The number of hydrogen-bond acceptors (Lipinski definition) is 6. The summed E-state index contributed by atoms with van der Waals surface area (Å²) in [5.74, 6) is 0.162. The van der Waals surface area contributed by atoms with Crippen LogP contribution >= 0.6 is 0 Å². The third-order valence-electron chi connectivity index (χ3n) is 6.02. The van der Waals surface area contributed by atoms with E-state index in [9.17, 15) is 9.59 Å². The van der Waals surface area contributed by atoms with E-state index < -0.39 is 5.54 Å². The largest absolute Gasteiger partial charge is 0.357 e. The molecule has 0 atom stereocenters. The molecular weight excluding hydrogens is 450 g/mol. The predicted molar refractivity (Wildman–Crippen MR) is 136 cm³/mol. The third kappa shape index (κ3) is 5.66. The Labute approximate surface area is 211 Å². The average molecular weight is 480 g/mol. The normalized spacial score (nSPS) is 16.0. The van der Waals surface area contributed by atoms with Gasteiger partial charge in [-0.3, -0.25) is 24.5 Å². The average Bonchev–Trinajstić information content (AvgIpc) is 3.09. The van der Waals surface area contributed by atoms with Gasteiger partial charge in [-0.25, -0.2) is 0 Å². The number of ketones is 1. The lowest BCUT2D eigenvalue weighted by Crippen LogP contribution is -2.51. The topological polar surface area (TPSA) is 99.0 Å². The van der Waals surface area contributed by atoms with Gasteiger partial charge in [-0.15, -0.1) is 0 Å². The number of benzene rings is 1.